The van der Waals surface area contributed by atoms with Crippen molar-refractivity contribution < 1.29 is 23.0 Å². The van der Waals surface area contributed by atoms with Crippen LogP contribution in [-0.4, -0.2) is 48.8 Å². The van der Waals surface area contributed by atoms with E-state index in [1.54, 1.807) is 0 Å². The molecular formula is C21H27F2NO3. The van der Waals surface area contributed by atoms with Crippen molar-refractivity contribution in [1.82, 2.24) is 4.90 Å². The van der Waals surface area contributed by atoms with Gasteiger partial charge in [-0.15, -0.1) is 0 Å². The maximum atomic E-state index is 14.5. The molecule has 2 aliphatic heterocycles. The van der Waals surface area contributed by atoms with Crippen LogP contribution in [0.3, 0.4) is 0 Å². The van der Waals surface area contributed by atoms with Crippen molar-refractivity contribution >= 4 is 5.97 Å². The summed E-state index contributed by atoms with van der Waals surface area (Å²) in [4.78, 5) is 15.2. The van der Waals surface area contributed by atoms with E-state index in [9.17, 15) is 13.6 Å². The molecule has 27 heavy (non-hydrogen) atoms. The molecule has 1 aromatic rings. The third-order valence-electron chi connectivity index (χ3n) is 6.36. The molecule has 4 nitrogen and oxygen atoms in total. The van der Waals surface area contributed by atoms with Gasteiger partial charge in [0.15, 0.2) is 0 Å². The minimum atomic E-state index is -0.595. The summed E-state index contributed by atoms with van der Waals surface area (Å²) in [5.74, 6) is -2.07. The highest BCUT2D eigenvalue weighted by Gasteiger charge is 2.49. The van der Waals surface area contributed by atoms with E-state index < -0.39 is 11.6 Å². The van der Waals surface area contributed by atoms with E-state index in [1.807, 2.05) is 6.92 Å². The van der Waals surface area contributed by atoms with Crippen molar-refractivity contribution in [2.45, 2.75) is 63.1 Å². The molecule has 5 atom stereocenters. The van der Waals surface area contributed by atoms with E-state index in [0.717, 1.165) is 38.5 Å². The van der Waals surface area contributed by atoms with Crippen molar-refractivity contribution in [1.29, 1.82) is 0 Å². The normalized spacial score (nSPS) is 32.9. The van der Waals surface area contributed by atoms with Gasteiger partial charge in [-0.05, 0) is 37.3 Å². The van der Waals surface area contributed by atoms with E-state index in [0.29, 0.717) is 31.1 Å². The average molecular weight is 379 g/mol. The van der Waals surface area contributed by atoms with E-state index >= 15 is 0 Å². The van der Waals surface area contributed by atoms with Crippen molar-refractivity contribution in [2.75, 3.05) is 19.8 Å². The molecule has 2 heterocycles. The maximum absolute atomic E-state index is 14.5. The van der Waals surface area contributed by atoms with Gasteiger partial charge in [0.05, 0.1) is 25.2 Å². The Labute approximate surface area is 158 Å². The Bertz CT molecular complexity index is 698. The third-order valence-corrected chi connectivity index (χ3v) is 6.36. The lowest BCUT2D eigenvalue weighted by molar-refractivity contribution is -0.149. The molecule has 4 rings (SSSR count). The number of rotatable bonds is 6. The lowest BCUT2D eigenvalue weighted by Gasteiger charge is -2.32. The Hall–Kier alpha value is -1.53. The van der Waals surface area contributed by atoms with E-state index in [-0.39, 0.29) is 30.0 Å². The highest BCUT2D eigenvalue weighted by atomic mass is 19.1. The molecule has 0 amide bonds. The SMILES string of the molecule is CCCCOC(=O)[C@@H]1C[C@H](N2C[C@@H]3C[C@H]2CO3)C[C@H]1c1ccc(F)cc1F. The van der Waals surface area contributed by atoms with Gasteiger partial charge >= 0.3 is 5.97 Å². The van der Waals surface area contributed by atoms with Crippen LogP contribution in [0.1, 0.15) is 50.5 Å². The van der Waals surface area contributed by atoms with E-state index in [1.165, 1.54) is 12.1 Å². The average Bonchev–Trinajstić information content (AvgIpc) is 3.37. The van der Waals surface area contributed by atoms with Gasteiger partial charge in [0.2, 0.25) is 0 Å². The van der Waals surface area contributed by atoms with Crippen molar-refractivity contribution in [2.24, 2.45) is 5.92 Å². The summed E-state index contributed by atoms with van der Waals surface area (Å²) >= 11 is 0. The van der Waals surface area contributed by atoms with Gasteiger partial charge < -0.3 is 9.47 Å². The zero-order valence-electron chi connectivity index (χ0n) is 15.7. The first-order chi connectivity index (χ1) is 13.1. The molecule has 0 N–H and O–H groups in total. The zero-order valence-corrected chi connectivity index (χ0v) is 15.7. The summed E-state index contributed by atoms with van der Waals surface area (Å²) < 4.78 is 39.0. The first-order valence-electron chi connectivity index (χ1n) is 10.1. The van der Waals surface area contributed by atoms with Crippen LogP contribution < -0.4 is 0 Å². The molecule has 0 unspecified atom stereocenters. The monoisotopic (exact) mass is 379 g/mol. The summed E-state index contributed by atoms with van der Waals surface area (Å²) in [7, 11) is 0. The summed E-state index contributed by atoms with van der Waals surface area (Å²) in [6.45, 7) is 4.06. The highest BCUT2D eigenvalue weighted by Crippen LogP contribution is 2.46. The van der Waals surface area contributed by atoms with Crippen molar-refractivity contribution in [3.8, 4) is 0 Å². The Balaban J connectivity index is 1.54. The smallest absolute Gasteiger partial charge is 0.309 e. The number of ether oxygens (including phenoxy) is 2. The van der Waals surface area contributed by atoms with Gasteiger partial charge in [0.1, 0.15) is 11.6 Å². The molecule has 6 heteroatoms. The summed E-state index contributed by atoms with van der Waals surface area (Å²) in [5.41, 5.74) is 0.428. The van der Waals surface area contributed by atoms with Crippen LogP contribution >= 0.6 is 0 Å². The largest absolute Gasteiger partial charge is 0.465 e. The number of unbranched alkanes of at least 4 members (excludes halogenated alkanes) is 1. The number of hydrogen-bond acceptors (Lipinski definition) is 4. The second-order valence-electron chi connectivity index (χ2n) is 8.07. The van der Waals surface area contributed by atoms with E-state index in [2.05, 4.69) is 4.90 Å². The molecule has 1 aromatic carbocycles. The van der Waals surface area contributed by atoms with Crippen LogP contribution in [-0.2, 0) is 14.3 Å². The van der Waals surface area contributed by atoms with Crippen LogP contribution in [0, 0.1) is 17.6 Å². The fraction of sp³-hybridized carbons (Fsp3) is 0.667. The predicted octanol–water partition coefficient (Wildman–Crippen LogP) is 3.64. The van der Waals surface area contributed by atoms with E-state index in [4.69, 9.17) is 9.47 Å². The third kappa shape index (κ3) is 3.74. The van der Waals surface area contributed by atoms with Gasteiger partial charge in [-0.3, -0.25) is 9.69 Å². The number of benzene rings is 1. The molecule has 1 saturated carbocycles. The van der Waals surface area contributed by atoms with Crippen LogP contribution in [0.15, 0.2) is 18.2 Å². The van der Waals surface area contributed by atoms with Gasteiger partial charge in [-0.25, -0.2) is 8.78 Å². The number of likely N-dealkylation sites (tertiary alicyclic amines) is 1. The number of esters is 1. The fourth-order valence-electron chi connectivity index (χ4n) is 4.99. The van der Waals surface area contributed by atoms with Crippen LogP contribution in [0.2, 0.25) is 0 Å². The minimum Gasteiger partial charge on any atom is -0.465 e. The number of hydrogen-bond donors (Lipinski definition) is 0. The van der Waals surface area contributed by atoms with Crippen molar-refractivity contribution in [3.05, 3.63) is 35.4 Å². The minimum absolute atomic E-state index is 0.210. The molecule has 3 aliphatic rings. The Kier molecular flexibility index (Phi) is 5.46. The summed E-state index contributed by atoms with van der Waals surface area (Å²) in [6.07, 6.45) is 4.46. The lowest BCUT2D eigenvalue weighted by atomic mass is 9.88. The first kappa shape index (κ1) is 18.8. The standard InChI is InChI=1S/C21H27F2NO3/c1-2-3-6-26-21(25)19-10-14(24-11-16-8-15(24)12-27-16)9-18(19)17-5-4-13(22)7-20(17)23/h4-5,7,14-16,18-19H,2-3,6,8-12H2,1H3/t14-,15+,16+,18+,19-/m1/s1. The van der Waals surface area contributed by atoms with Crippen molar-refractivity contribution in [3.63, 3.8) is 0 Å². The second kappa shape index (κ2) is 7.84. The van der Waals surface area contributed by atoms with Gasteiger partial charge in [0, 0.05) is 30.6 Å². The molecule has 0 radical (unpaired) electrons. The van der Waals surface area contributed by atoms with Crippen LogP contribution in [0.25, 0.3) is 0 Å². The second-order valence-corrected chi connectivity index (χ2v) is 8.07. The molecule has 0 aromatic heterocycles. The number of carbonyl (C=O) groups excluding carboxylic acids is 1. The predicted molar refractivity (Wildman–Crippen MR) is 96.3 cm³/mol. The number of nitrogens with zero attached hydrogens (tertiary/aromatic N) is 1. The van der Waals surface area contributed by atoms with Gasteiger partial charge in [-0.1, -0.05) is 19.4 Å². The number of morpholine rings is 1. The number of fused-ring (bicyclic) bond motifs is 2. The number of carbonyl (C=O) groups is 1. The molecule has 1 aliphatic carbocycles. The summed E-state index contributed by atoms with van der Waals surface area (Å²) in [6, 6.07) is 4.28. The molecule has 2 saturated heterocycles. The topological polar surface area (TPSA) is 38.8 Å². The lowest BCUT2D eigenvalue weighted by Crippen LogP contribution is -2.43. The van der Waals surface area contributed by atoms with Crippen LogP contribution in [0.4, 0.5) is 8.78 Å². The summed E-state index contributed by atoms with van der Waals surface area (Å²) in [5, 5.41) is 0. The quantitative estimate of drug-likeness (QED) is 0.559. The Morgan fingerprint density at radius 1 is 1.26 bits per heavy atom. The number of halogens is 2. The Morgan fingerprint density at radius 2 is 2.11 bits per heavy atom. The highest BCUT2D eigenvalue weighted by molar-refractivity contribution is 5.74. The molecule has 0 spiro atoms. The first-order valence-corrected chi connectivity index (χ1v) is 10.1. The molecule has 148 valence electrons. The Morgan fingerprint density at radius 3 is 2.78 bits per heavy atom. The molecule has 3 fully saturated rings. The maximum Gasteiger partial charge on any atom is 0.309 e. The molecule has 2 bridgehead atoms. The zero-order chi connectivity index (χ0) is 19.0. The van der Waals surface area contributed by atoms with Crippen LogP contribution in [0.5, 0.6) is 0 Å². The fourth-order valence-corrected chi connectivity index (χ4v) is 4.99. The van der Waals surface area contributed by atoms with Gasteiger partial charge in [0.25, 0.3) is 0 Å². The van der Waals surface area contributed by atoms with Gasteiger partial charge in [-0.2, -0.15) is 0 Å². The molecular weight excluding hydrogens is 352 g/mol.